The van der Waals surface area contributed by atoms with Crippen molar-refractivity contribution >= 4 is 27.7 Å². The van der Waals surface area contributed by atoms with E-state index in [9.17, 15) is 9.59 Å². The third-order valence-electron chi connectivity index (χ3n) is 5.23. The standard InChI is InChI=1S/C26H35BrN2O3/c1-18(2)28-25(31)19(3)29(15-14-20-10-8-7-9-11-20)24(30)17-32-23-13-12-21(16-22(23)27)26(4,5)6/h7-13,16,18-19H,14-15,17H2,1-6H3,(H,28,31)/t19-/m0/s1. The number of amides is 2. The minimum Gasteiger partial charge on any atom is -0.483 e. The Bertz CT molecular complexity index is 907. The quantitative estimate of drug-likeness (QED) is 0.518. The SMILES string of the molecule is CC(C)NC(=O)[C@H](C)N(CCc1ccccc1)C(=O)COc1ccc(C(C)(C)C)cc1Br. The summed E-state index contributed by atoms with van der Waals surface area (Å²) in [6.07, 6.45) is 0.663. The minimum absolute atomic E-state index is 0.00422. The molecule has 0 fully saturated rings. The first-order chi connectivity index (χ1) is 15.0. The molecule has 174 valence electrons. The minimum atomic E-state index is -0.594. The molecule has 0 aliphatic heterocycles. The van der Waals surface area contributed by atoms with Gasteiger partial charge in [-0.05, 0) is 71.8 Å². The lowest BCUT2D eigenvalue weighted by Gasteiger charge is -2.29. The molecule has 0 heterocycles. The summed E-state index contributed by atoms with van der Waals surface area (Å²) < 4.78 is 6.65. The molecule has 0 saturated carbocycles. The van der Waals surface area contributed by atoms with Crippen LogP contribution in [-0.4, -0.2) is 41.9 Å². The van der Waals surface area contributed by atoms with E-state index in [0.29, 0.717) is 18.7 Å². The Morgan fingerprint density at radius 1 is 1.06 bits per heavy atom. The molecule has 0 aliphatic rings. The summed E-state index contributed by atoms with van der Waals surface area (Å²) in [4.78, 5) is 27.3. The van der Waals surface area contributed by atoms with Crippen molar-refractivity contribution in [3.8, 4) is 5.75 Å². The van der Waals surface area contributed by atoms with Crippen LogP contribution in [0.4, 0.5) is 0 Å². The van der Waals surface area contributed by atoms with Gasteiger partial charge in [-0.25, -0.2) is 0 Å². The highest BCUT2D eigenvalue weighted by Gasteiger charge is 2.26. The molecule has 2 rings (SSSR count). The fourth-order valence-corrected chi connectivity index (χ4v) is 3.78. The molecule has 6 heteroatoms. The van der Waals surface area contributed by atoms with E-state index in [1.54, 1.807) is 11.8 Å². The maximum absolute atomic E-state index is 13.1. The monoisotopic (exact) mass is 502 g/mol. The molecule has 1 atom stereocenters. The van der Waals surface area contributed by atoms with E-state index in [2.05, 4.69) is 42.0 Å². The fraction of sp³-hybridized carbons (Fsp3) is 0.462. The molecule has 0 radical (unpaired) electrons. The molecule has 0 spiro atoms. The van der Waals surface area contributed by atoms with Gasteiger partial charge in [-0.2, -0.15) is 0 Å². The van der Waals surface area contributed by atoms with E-state index in [1.807, 2.05) is 62.4 Å². The topological polar surface area (TPSA) is 58.6 Å². The zero-order valence-electron chi connectivity index (χ0n) is 19.9. The molecule has 2 aromatic rings. The molecule has 0 bridgehead atoms. The molecule has 0 aromatic heterocycles. The van der Waals surface area contributed by atoms with Crippen molar-refractivity contribution in [2.45, 2.75) is 65.5 Å². The first-order valence-electron chi connectivity index (χ1n) is 11.1. The highest BCUT2D eigenvalue weighted by atomic mass is 79.9. The Morgan fingerprint density at radius 3 is 2.28 bits per heavy atom. The van der Waals surface area contributed by atoms with Crippen LogP contribution < -0.4 is 10.1 Å². The highest BCUT2D eigenvalue weighted by molar-refractivity contribution is 9.10. The largest absolute Gasteiger partial charge is 0.483 e. The lowest BCUT2D eigenvalue weighted by atomic mass is 9.87. The van der Waals surface area contributed by atoms with E-state index < -0.39 is 6.04 Å². The number of halogens is 1. The molecule has 0 unspecified atom stereocenters. The van der Waals surface area contributed by atoms with Crippen molar-refractivity contribution < 1.29 is 14.3 Å². The van der Waals surface area contributed by atoms with Gasteiger partial charge in [0.15, 0.2) is 6.61 Å². The number of benzene rings is 2. The second-order valence-electron chi connectivity index (χ2n) is 9.35. The summed E-state index contributed by atoms with van der Waals surface area (Å²) in [5.74, 6) is 0.213. The van der Waals surface area contributed by atoms with Gasteiger partial charge in [0.05, 0.1) is 4.47 Å². The molecule has 5 nitrogen and oxygen atoms in total. The van der Waals surface area contributed by atoms with E-state index in [-0.39, 0.29) is 29.9 Å². The van der Waals surface area contributed by atoms with Gasteiger partial charge in [-0.3, -0.25) is 9.59 Å². The number of hydrogen-bond acceptors (Lipinski definition) is 3. The van der Waals surface area contributed by atoms with E-state index in [4.69, 9.17) is 4.74 Å². The maximum atomic E-state index is 13.1. The van der Waals surface area contributed by atoms with Crippen molar-refractivity contribution in [3.63, 3.8) is 0 Å². The average Bonchev–Trinajstić information content (AvgIpc) is 2.72. The maximum Gasteiger partial charge on any atom is 0.261 e. The molecule has 32 heavy (non-hydrogen) atoms. The summed E-state index contributed by atoms with van der Waals surface area (Å²) in [6, 6.07) is 15.3. The Balaban J connectivity index is 2.11. The van der Waals surface area contributed by atoms with Gasteiger partial charge in [-0.1, -0.05) is 57.2 Å². The van der Waals surface area contributed by atoms with Crippen molar-refractivity contribution in [2.75, 3.05) is 13.2 Å². The first kappa shape index (κ1) is 25.9. The van der Waals surface area contributed by atoms with Gasteiger partial charge in [0.25, 0.3) is 5.91 Å². The summed E-state index contributed by atoms with van der Waals surface area (Å²) in [7, 11) is 0. The fourth-order valence-electron chi connectivity index (χ4n) is 3.28. The Labute approximate surface area is 200 Å². The second-order valence-corrected chi connectivity index (χ2v) is 10.2. The Hall–Kier alpha value is -2.34. The first-order valence-corrected chi connectivity index (χ1v) is 11.8. The van der Waals surface area contributed by atoms with Crippen LogP contribution in [0.3, 0.4) is 0 Å². The molecule has 2 aromatic carbocycles. The normalized spacial score (nSPS) is 12.4. The lowest BCUT2D eigenvalue weighted by molar-refractivity contribution is -0.141. The average molecular weight is 503 g/mol. The summed E-state index contributed by atoms with van der Waals surface area (Å²) in [5.41, 5.74) is 2.30. The third kappa shape index (κ3) is 7.66. The summed E-state index contributed by atoms with van der Waals surface area (Å²) in [5, 5.41) is 2.90. The van der Waals surface area contributed by atoms with Crippen molar-refractivity contribution in [3.05, 3.63) is 64.1 Å². The van der Waals surface area contributed by atoms with Crippen LogP contribution in [0, 0.1) is 0 Å². The summed E-state index contributed by atoms with van der Waals surface area (Å²) in [6.45, 7) is 12.3. The van der Waals surface area contributed by atoms with Crippen molar-refractivity contribution in [1.29, 1.82) is 0 Å². The van der Waals surface area contributed by atoms with Gasteiger partial charge in [0.2, 0.25) is 5.91 Å². The lowest BCUT2D eigenvalue weighted by Crippen LogP contribution is -2.51. The van der Waals surface area contributed by atoms with Crippen LogP contribution in [-0.2, 0) is 21.4 Å². The second kappa shape index (κ2) is 11.5. The molecule has 2 amide bonds. The van der Waals surface area contributed by atoms with E-state index in [1.165, 1.54) is 5.56 Å². The molecule has 0 saturated heterocycles. The zero-order valence-corrected chi connectivity index (χ0v) is 21.5. The smallest absolute Gasteiger partial charge is 0.261 e. The van der Waals surface area contributed by atoms with Crippen LogP contribution in [0.1, 0.15) is 52.7 Å². The number of rotatable bonds is 9. The molecular formula is C26H35BrN2O3. The highest BCUT2D eigenvalue weighted by Crippen LogP contribution is 2.31. The molecular weight excluding hydrogens is 468 g/mol. The van der Waals surface area contributed by atoms with Gasteiger partial charge in [0.1, 0.15) is 11.8 Å². The molecule has 0 aliphatic carbocycles. The van der Waals surface area contributed by atoms with E-state index >= 15 is 0 Å². The van der Waals surface area contributed by atoms with Gasteiger partial charge < -0.3 is 15.0 Å². The van der Waals surface area contributed by atoms with Gasteiger partial charge in [-0.15, -0.1) is 0 Å². The van der Waals surface area contributed by atoms with Gasteiger partial charge >= 0.3 is 0 Å². The van der Waals surface area contributed by atoms with E-state index in [0.717, 1.165) is 10.0 Å². The molecule has 1 N–H and O–H groups in total. The predicted molar refractivity (Wildman–Crippen MR) is 133 cm³/mol. The van der Waals surface area contributed by atoms with Crippen LogP contribution in [0.15, 0.2) is 53.0 Å². The number of ether oxygens (including phenoxy) is 1. The number of carbonyl (C=O) groups is 2. The number of nitrogens with one attached hydrogen (secondary N) is 1. The zero-order chi connectivity index (χ0) is 23.9. The van der Waals surface area contributed by atoms with Gasteiger partial charge in [0, 0.05) is 12.6 Å². The third-order valence-corrected chi connectivity index (χ3v) is 5.85. The number of nitrogens with zero attached hydrogens (tertiary/aromatic N) is 1. The Morgan fingerprint density at radius 2 is 1.72 bits per heavy atom. The number of hydrogen-bond donors (Lipinski definition) is 1. The number of carbonyl (C=O) groups excluding carboxylic acids is 2. The van der Waals surface area contributed by atoms with Crippen LogP contribution in [0.2, 0.25) is 0 Å². The predicted octanol–water partition coefficient (Wildman–Crippen LogP) is 5.11. The van der Waals surface area contributed by atoms with Crippen LogP contribution in [0.5, 0.6) is 5.75 Å². The van der Waals surface area contributed by atoms with Crippen LogP contribution in [0.25, 0.3) is 0 Å². The van der Waals surface area contributed by atoms with Crippen LogP contribution >= 0.6 is 15.9 Å². The Kier molecular flexibility index (Phi) is 9.32. The summed E-state index contributed by atoms with van der Waals surface area (Å²) >= 11 is 3.55. The van der Waals surface area contributed by atoms with Crippen molar-refractivity contribution in [1.82, 2.24) is 10.2 Å². The van der Waals surface area contributed by atoms with Crippen molar-refractivity contribution in [2.24, 2.45) is 0 Å².